The fourth-order valence-corrected chi connectivity index (χ4v) is 3.43. The quantitative estimate of drug-likeness (QED) is 0.677. The van der Waals surface area contributed by atoms with Crippen molar-refractivity contribution in [1.29, 1.82) is 0 Å². The predicted molar refractivity (Wildman–Crippen MR) is 94.5 cm³/mol. The fraction of sp³-hybridized carbons (Fsp3) is 1.00. The zero-order valence-corrected chi connectivity index (χ0v) is 15.3. The molecule has 0 spiro atoms. The minimum atomic E-state index is 0.403. The molecule has 0 heterocycles. The Morgan fingerprint density at radius 1 is 1.00 bits per heavy atom. The Morgan fingerprint density at radius 2 is 1.48 bits per heavy atom. The lowest BCUT2D eigenvalue weighted by atomic mass is 9.70. The summed E-state index contributed by atoms with van der Waals surface area (Å²) in [6.07, 6.45) is 8.05. The molecular weight excluding hydrogens is 256 g/mol. The van der Waals surface area contributed by atoms with Gasteiger partial charge < -0.3 is 10.6 Å². The first-order chi connectivity index (χ1) is 9.87. The van der Waals surface area contributed by atoms with Crippen LogP contribution in [0.1, 0.15) is 73.1 Å². The van der Waals surface area contributed by atoms with E-state index in [0.29, 0.717) is 5.41 Å². The molecule has 1 saturated carbocycles. The zero-order valence-electron chi connectivity index (χ0n) is 15.3. The molecule has 0 aliphatic heterocycles. The largest absolute Gasteiger partial charge is 0.330 e. The Labute approximate surface area is 133 Å². The van der Waals surface area contributed by atoms with Gasteiger partial charge in [0.05, 0.1) is 0 Å². The highest BCUT2D eigenvalue weighted by Gasteiger charge is 2.34. The molecule has 0 amide bonds. The average Bonchev–Trinajstić information content (AvgIpc) is 2.44. The van der Waals surface area contributed by atoms with Gasteiger partial charge in [-0.2, -0.15) is 0 Å². The van der Waals surface area contributed by atoms with E-state index in [0.717, 1.165) is 24.3 Å². The van der Waals surface area contributed by atoms with Crippen LogP contribution in [0.3, 0.4) is 0 Å². The monoisotopic (exact) mass is 296 g/mol. The summed E-state index contributed by atoms with van der Waals surface area (Å²) in [4.78, 5) is 2.73. The van der Waals surface area contributed by atoms with Crippen LogP contribution >= 0.6 is 0 Å². The van der Waals surface area contributed by atoms with Crippen molar-refractivity contribution in [2.45, 2.75) is 73.1 Å². The van der Waals surface area contributed by atoms with Crippen LogP contribution in [-0.2, 0) is 0 Å². The molecule has 0 aromatic heterocycles. The van der Waals surface area contributed by atoms with Crippen molar-refractivity contribution in [1.82, 2.24) is 4.90 Å². The zero-order chi connectivity index (χ0) is 15.9. The van der Waals surface area contributed by atoms with Crippen LogP contribution in [0.4, 0.5) is 0 Å². The maximum Gasteiger partial charge on any atom is 0.00501 e. The van der Waals surface area contributed by atoms with Crippen molar-refractivity contribution in [3.63, 3.8) is 0 Å². The van der Waals surface area contributed by atoms with E-state index in [9.17, 15) is 0 Å². The summed E-state index contributed by atoms with van der Waals surface area (Å²) in [6, 6.07) is 0. The van der Waals surface area contributed by atoms with Gasteiger partial charge in [0.15, 0.2) is 0 Å². The molecule has 1 aliphatic rings. The second-order valence-electron chi connectivity index (χ2n) is 8.53. The molecule has 0 radical (unpaired) electrons. The van der Waals surface area contributed by atoms with Crippen LogP contribution < -0.4 is 5.73 Å². The molecule has 2 N–H and O–H groups in total. The third kappa shape index (κ3) is 7.15. The average molecular weight is 297 g/mol. The Bertz CT molecular complexity index is 253. The number of nitrogens with zero attached hydrogens (tertiary/aromatic N) is 1. The normalized spacial score (nSPS) is 27.0. The lowest BCUT2D eigenvalue weighted by Gasteiger charge is -2.42. The van der Waals surface area contributed by atoms with Crippen molar-refractivity contribution in [2.24, 2.45) is 28.9 Å². The molecule has 126 valence electrons. The van der Waals surface area contributed by atoms with Crippen LogP contribution in [0.5, 0.6) is 0 Å². The standard InChI is InChI=1S/C19H40N2/c1-16(2)8-12-21(13-9-17(3)4)15-19(14-20)10-6-18(5)7-11-19/h16-18H,6-15,20H2,1-5H3. The molecule has 21 heavy (non-hydrogen) atoms. The Morgan fingerprint density at radius 3 is 1.86 bits per heavy atom. The van der Waals surface area contributed by atoms with E-state index in [2.05, 4.69) is 39.5 Å². The highest BCUT2D eigenvalue weighted by Crippen LogP contribution is 2.38. The van der Waals surface area contributed by atoms with Gasteiger partial charge in [0.25, 0.3) is 0 Å². The fourth-order valence-electron chi connectivity index (χ4n) is 3.43. The molecule has 0 unspecified atom stereocenters. The topological polar surface area (TPSA) is 29.3 Å². The minimum absolute atomic E-state index is 0.403. The molecule has 1 rings (SSSR count). The van der Waals surface area contributed by atoms with Crippen LogP contribution in [0, 0.1) is 23.2 Å². The lowest BCUT2D eigenvalue weighted by molar-refractivity contribution is 0.0890. The number of nitrogens with two attached hydrogens (primary N) is 1. The smallest absolute Gasteiger partial charge is 0.00501 e. The third-order valence-electron chi connectivity index (χ3n) is 5.37. The summed E-state index contributed by atoms with van der Waals surface area (Å²) in [5.41, 5.74) is 6.62. The highest BCUT2D eigenvalue weighted by atomic mass is 15.1. The molecule has 0 bridgehead atoms. The lowest BCUT2D eigenvalue weighted by Crippen LogP contribution is -2.45. The van der Waals surface area contributed by atoms with Crippen molar-refractivity contribution in [3.05, 3.63) is 0 Å². The number of rotatable bonds is 9. The molecule has 2 heteroatoms. The van der Waals surface area contributed by atoms with E-state index >= 15 is 0 Å². The van der Waals surface area contributed by atoms with Gasteiger partial charge in [-0.05, 0) is 68.5 Å². The first kappa shape index (κ1) is 19.0. The molecule has 1 fully saturated rings. The van der Waals surface area contributed by atoms with Crippen molar-refractivity contribution in [3.8, 4) is 0 Å². The Balaban J connectivity index is 2.58. The van der Waals surface area contributed by atoms with Gasteiger partial charge in [0.2, 0.25) is 0 Å². The summed E-state index contributed by atoms with van der Waals surface area (Å²) in [5, 5.41) is 0. The van der Waals surface area contributed by atoms with Gasteiger partial charge in [-0.1, -0.05) is 47.5 Å². The van der Waals surface area contributed by atoms with E-state index in [1.807, 2.05) is 0 Å². The highest BCUT2D eigenvalue weighted by molar-refractivity contribution is 4.88. The summed E-state index contributed by atoms with van der Waals surface area (Å²) in [7, 11) is 0. The first-order valence-corrected chi connectivity index (χ1v) is 9.29. The van der Waals surface area contributed by atoms with Crippen molar-refractivity contribution >= 4 is 0 Å². The summed E-state index contributed by atoms with van der Waals surface area (Å²) in [5.74, 6) is 2.50. The molecule has 0 atom stereocenters. The predicted octanol–water partition coefficient (Wildman–Crippen LogP) is 4.54. The summed E-state index contributed by atoms with van der Waals surface area (Å²) in [6.45, 7) is 16.3. The summed E-state index contributed by atoms with van der Waals surface area (Å²) < 4.78 is 0. The Kier molecular flexibility index (Phi) is 8.26. The van der Waals surface area contributed by atoms with Crippen LogP contribution in [0.25, 0.3) is 0 Å². The van der Waals surface area contributed by atoms with Gasteiger partial charge in [0, 0.05) is 6.54 Å². The van der Waals surface area contributed by atoms with Gasteiger partial charge in [-0.15, -0.1) is 0 Å². The van der Waals surface area contributed by atoms with E-state index < -0.39 is 0 Å². The molecule has 0 saturated heterocycles. The van der Waals surface area contributed by atoms with Gasteiger partial charge >= 0.3 is 0 Å². The van der Waals surface area contributed by atoms with Crippen LogP contribution in [0.15, 0.2) is 0 Å². The molecule has 0 aromatic rings. The molecular formula is C19H40N2. The van der Waals surface area contributed by atoms with Crippen LogP contribution in [-0.4, -0.2) is 31.1 Å². The SMILES string of the molecule is CC(C)CCN(CCC(C)C)CC1(CN)CCC(C)CC1. The summed E-state index contributed by atoms with van der Waals surface area (Å²) >= 11 is 0. The number of hydrogen-bond donors (Lipinski definition) is 1. The Hall–Kier alpha value is -0.0800. The van der Waals surface area contributed by atoms with E-state index in [1.54, 1.807) is 0 Å². The maximum atomic E-state index is 6.22. The molecule has 0 aromatic carbocycles. The maximum absolute atomic E-state index is 6.22. The van der Waals surface area contributed by atoms with Crippen LogP contribution in [0.2, 0.25) is 0 Å². The minimum Gasteiger partial charge on any atom is -0.330 e. The molecule has 2 nitrogen and oxygen atoms in total. The van der Waals surface area contributed by atoms with Gasteiger partial charge in [-0.25, -0.2) is 0 Å². The van der Waals surface area contributed by atoms with E-state index in [4.69, 9.17) is 5.73 Å². The number of hydrogen-bond acceptors (Lipinski definition) is 2. The van der Waals surface area contributed by atoms with Crippen molar-refractivity contribution in [2.75, 3.05) is 26.2 Å². The second-order valence-corrected chi connectivity index (χ2v) is 8.53. The third-order valence-corrected chi connectivity index (χ3v) is 5.37. The second kappa shape index (κ2) is 9.15. The van der Waals surface area contributed by atoms with Gasteiger partial charge in [-0.3, -0.25) is 0 Å². The molecule has 1 aliphatic carbocycles. The first-order valence-electron chi connectivity index (χ1n) is 9.29. The van der Waals surface area contributed by atoms with Gasteiger partial charge in [0.1, 0.15) is 0 Å². The van der Waals surface area contributed by atoms with Crippen molar-refractivity contribution < 1.29 is 0 Å². The van der Waals surface area contributed by atoms with E-state index in [-0.39, 0.29) is 0 Å². The van der Waals surface area contributed by atoms with E-state index in [1.165, 1.54) is 58.2 Å².